The van der Waals surface area contributed by atoms with E-state index in [0.717, 1.165) is 18.5 Å². The van der Waals surface area contributed by atoms with Crippen LogP contribution < -0.4 is 10.6 Å². The van der Waals surface area contributed by atoms with Crippen LogP contribution >= 0.6 is 11.3 Å². The van der Waals surface area contributed by atoms with E-state index in [1.165, 1.54) is 11.3 Å². The molecule has 6 nitrogen and oxygen atoms in total. The van der Waals surface area contributed by atoms with Crippen molar-refractivity contribution in [2.24, 2.45) is 0 Å². The fourth-order valence-electron chi connectivity index (χ4n) is 1.63. The number of pyridine rings is 1. The first-order valence-electron chi connectivity index (χ1n) is 5.99. The minimum absolute atomic E-state index is 0.201. The number of hydrogen-bond acceptors (Lipinski definition) is 6. The van der Waals surface area contributed by atoms with Gasteiger partial charge in [-0.3, -0.25) is 10.1 Å². The van der Waals surface area contributed by atoms with Gasteiger partial charge in [-0.2, -0.15) is 0 Å². The van der Waals surface area contributed by atoms with Gasteiger partial charge in [-0.25, -0.2) is 4.98 Å². The summed E-state index contributed by atoms with van der Waals surface area (Å²) in [6.07, 6.45) is 1.83. The molecule has 0 saturated heterocycles. The summed E-state index contributed by atoms with van der Waals surface area (Å²) >= 11 is 1.28. The third-order valence-electron chi connectivity index (χ3n) is 2.48. The highest BCUT2D eigenvalue weighted by atomic mass is 32.1. The molecular formula is C12H15N5OS. The molecule has 0 radical (unpaired) electrons. The van der Waals surface area contributed by atoms with Crippen molar-refractivity contribution < 1.29 is 4.79 Å². The quantitative estimate of drug-likeness (QED) is 0.875. The van der Waals surface area contributed by atoms with Crippen molar-refractivity contribution in [3.05, 3.63) is 28.9 Å². The Kier molecular flexibility index (Phi) is 4.40. The van der Waals surface area contributed by atoms with Gasteiger partial charge in [-0.1, -0.05) is 24.7 Å². The van der Waals surface area contributed by atoms with Crippen molar-refractivity contribution in [2.45, 2.75) is 19.8 Å². The molecule has 0 bridgehead atoms. The highest BCUT2D eigenvalue weighted by Crippen LogP contribution is 2.15. The standard InChI is InChI=1S/C12H15N5OS/c1-3-4-9-5-8(6-10(13-2)15-9)11(18)16-12-17-14-7-19-12/h5-7H,3-4H2,1-2H3,(H,13,15)(H,16,17,18). The van der Waals surface area contributed by atoms with E-state index in [4.69, 9.17) is 0 Å². The zero-order valence-corrected chi connectivity index (χ0v) is 11.6. The van der Waals surface area contributed by atoms with E-state index in [1.807, 2.05) is 0 Å². The summed E-state index contributed by atoms with van der Waals surface area (Å²) in [6.45, 7) is 2.08. The SMILES string of the molecule is CCCc1cc(C(=O)Nc2nncs2)cc(NC)n1. The molecule has 0 aromatic carbocycles. The van der Waals surface area contributed by atoms with Crippen LogP contribution in [0.3, 0.4) is 0 Å². The average Bonchev–Trinajstić information content (AvgIpc) is 2.91. The topological polar surface area (TPSA) is 79.8 Å². The van der Waals surface area contributed by atoms with Crippen LogP contribution in [-0.2, 0) is 6.42 Å². The number of amides is 1. The van der Waals surface area contributed by atoms with Crippen molar-refractivity contribution >= 4 is 28.2 Å². The second-order valence-electron chi connectivity index (χ2n) is 3.93. The minimum atomic E-state index is -0.201. The van der Waals surface area contributed by atoms with Gasteiger partial charge in [0.05, 0.1) is 0 Å². The van der Waals surface area contributed by atoms with Gasteiger partial charge in [0.15, 0.2) is 0 Å². The third kappa shape index (κ3) is 3.47. The van der Waals surface area contributed by atoms with Crippen LogP contribution in [0.15, 0.2) is 17.6 Å². The number of nitrogens with one attached hydrogen (secondary N) is 2. The van der Waals surface area contributed by atoms with Gasteiger partial charge in [0.2, 0.25) is 5.13 Å². The van der Waals surface area contributed by atoms with E-state index in [9.17, 15) is 4.79 Å². The Morgan fingerprint density at radius 1 is 1.42 bits per heavy atom. The number of anilines is 2. The second-order valence-corrected chi connectivity index (χ2v) is 4.76. The van der Waals surface area contributed by atoms with Crippen LogP contribution in [0.1, 0.15) is 29.4 Å². The van der Waals surface area contributed by atoms with Crippen LogP contribution in [0, 0.1) is 0 Å². The van der Waals surface area contributed by atoms with Gasteiger partial charge in [-0.15, -0.1) is 10.2 Å². The molecule has 2 aromatic rings. The molecule has 0 aliphatic carbocycles. The summed E-state index contributed by atoms with van der Waals surface area (Å²) in [4.78, 5) is 16.5. The van der Waals surface area contributed by atoms with E-state index in [2.05, 4.69) is 32.7 Å². The summed E-state index contributed by atoms with van der Waals surface area (Å²) in [5.74, 6) is 0.487. The van der Waals surface area contributed by atoms with Crippen LogP contribution in [0.2, 0.25) is 0 Å². The van der Waals surface area contributed by atoms with E-state index < -0.39 is 0 Å². The van der Waals surface area contributed by atoms with E-state index in [0.29, 0.717) is 16.5 Å². The Morgan fingerprint density at radius 3 is 2.89 bits per heavy atom. The zero-order valence-electron chi connectivity index (χ0n) is 10.8. The second kappa shape index (κ2) is 6.24. The smallest absolute Gasteiger partial charge is 0.257 e. The first-order chi connectivity index (χ1) is 9.22. The van der Waals surface area contributed by atoms with Gasteiger partial charge in [0, 0.05) is 18.3 Å². The van der Waals surface area contributed by atoms with Crippen LogP contribution in [-0.4, -0.2) is 28.1 Å². The van der Waals surface area contributed by atoms with Gasteiger partial charge >= 0.3 is 0 Å². The minimum Gasteiger partial charge on any atom is -0.373 e. The molecule has 2 aromatic heterocycles. The largest absolute Gasteiger partial charge is 0.373 e. The highest BCUT2D eigenvalue weighted by molar-refractivity contribution is 7.13. The molecule has 2 rings (SSSR count). The maximum absolute atomic E-state index is 12.1. The predicted molar refractivity (Wildman–Crippen MR) is 75.6 cm³/mol. The average molecular weight is 277 g/mol. The van der Waals surface area contributed by atoms with Gasteiger partial charge in [0.1, 0.15) is 11.3 Å². The molecule has 0 unspecified atom stereocenters. The number of aromatic nitrogens is 3. The predicted octanol–water partition coefficient (Wildman–Crippen LogP) is 2.18. The first kappa shape index (κ1) is 13.4. The first-order valence-corrected chi connectivity index (χ1v) is 6.87. The molecule has 100 valence electrons. The van der Waals surface area contributed by atoms with Gasteiger partial charge in [-0.05, 0) is 18.6 Å². The van der Waals surface area contributed by atoms with Crippen molar-refractivity contribution in [3.63, 3.8) is 0 Å². The third-order valence-corrected chi connectivity index (χ3v) is 3.09. The molecule has 2 N–H and O–H groups in total. The summed E-state index contributed by atoms with van der Waals surface area (Å²) < 4.78 is 0. The lowest BCUT2D eigenvalue weighted by Gasteiger charge is -2.07. The lowest BCUT2D eigenvalue weighted by atomic mass is 10.1. The Balaban J connectivity index is 2.22. The molecule has 19 heavy (non-hydrogen) atoms. The summed E-state index contributed by atoms with van der Waals surface area (Å²) in [5, 5.41) is 13.6. The molecule has 0 spiro atoms. The Morgan fingerprint density at radius 2 is 2.26 bits per heavy atom. The van der Waals surface area contributed by atoms with Crippen LogP contribution in [0.5, 0.6) is 0 Å². The van der Waals surface area contributed by atoms with Gasteiger partial charge in [0.25, 0.3) is 5.91 Å². The van der Waals surface area contributed by atoms with E-state index >= 15 is 0 Å². The van der Waals surface area contributed by atoms with E-state index in [1.54, 1.807) is 24.7 Å². The molecular weight excluding hydrogens is 262 g/mol. The van der Waals surface area contributed by atoms with Crippen molar-refractivity contribution in [3.8, 4) is 0 Å². The maximum atomic E-state index is 12.1. The lowest BCUT2D eigenvalue weighted by Crippen LogP contribution is -2.13. The Labute approximate surface area is 115 Å². The lowest BCUT2D eigenvalue weighted by molar-refractivity contribution is 0.102. The maximum Gasteiger partial charge on any atom is 0.257 e. The van der Waals surface area contributed by atoms with Crippen molar-refractivity contribution in [1.82, 2.24) is 15.2 Å². The Bertz CT molecular complexity index is 555. The van der Waals surface area contributed by atoms with Gasteiger partial charge < -0.3 is 5.32 Å². The van der Waals surface area contributed by atoms with Crippen LogP contribution in [0.25, 0.3) is 0 Å². The molecule has 0 fully saturated rings. The van der Waals surface area contributed by atoms with E-state index in [-0.39, 0.29) is 5.91 Å². The molecule has 0 saturated carbocycles. The zero-order chi connectivity index (χ0) is 13.7. The number of rotatable bonds is 5. The fraction of sp³-hybridized carbons (Fsp3) is 0.333. The number of carbonyl (C=O) groups is 1. The van der Waals surface area contributed by atoms with Crippen molar-refractivity contribution in [2.75, 3.05) is 17.7 Å². The molecule has 7 heteroatoms. The van der Waals surface area contributed by atoms with Crippen LogP contribution in [0.4, 0.5) is 10.9 Å². The summed E-state index contributed by atoms with van der Waals surface area (Å²) in [5.41, 5.74) is 3.04. The normalized spacial score (nSPS) is 10.2. The fourth-order valence-corrected chi connectivity index (χ4v) is 2.07. The molecule has 0 aliphatic heterocycles. The monoisotopic (exact) mass is 277 g/mol. The number of hydrogen-bond donors (Lipinski definition) is 2. The summed E-state index contributed by atoms with van der Waals surface area (Å²) in [7, 11) is 1.78. The molecule has 2 heterocycles. The Hall–Kier alpha value is -2.02. The molecule has 1 amide bonds. The summed E-state index contributed by atoms with van der Waals surface area (Å²) in [6, 6.07) is 3.52. The molecule has 0 atom stereocenters. The number of aryl methyl sites for hydroxylation is 1. The number of nitrogens with zero attached hydrogens (tertiary/aromatic N) is 3. The van der Waals surface area contributed by atoms with Crippen molar-refractivity contribution in [1.29, 1.82) is 0 Å². The highest BCUT2D eigenvalue weighted by Gasteiger charge is 2.11. The number of carbonyl (C=O) groups excluding carboxylic acids is 1. The molecule has 0 aliphatic rings.